The van der Waals surface area contributed by atoms with E-state index in [0.717, 1.165) is 32.8 Å². The van der Waals surface area contributed by atoms with Gasteiger partial charge in [-0.2, -0.15) is 0 Å². The maximum Gasteiger partial charge on any atom is 0.204 e. The third kappa shape index (κ3) is 3.18. The molecule has 25 heavy (non-hydrogen) atoms. The van der Waals surface area contributed by atoms with Gasteiger partial charge in [0.1, 0.15) is 34.7 Å². The van der Waals surface area contributed by atoms with Gasteiger partial charge >= 0.3 is 0 Å². The van der Waals surface area contributed by atoms with E-state index in [1.165, 1.54) is 6.07 Å². The number of fused-ring (bicyclic) bond motifs is 2. The molecular formula is C19H19NO5. The molecule has 0 amide bonds. The summed E-state index contributed by atoms with van der Waals surface area (Å²) in [6, 6.07) is 10.1. The average Bonchev–Trinajstić information content (AvgIpc) is 2.62. The summed E-state index contributed by atoms with van der Waals surface area (Å²) in [6.45, 7) is 4.55. The highest BCUT2D eigenvalue weighted by molar-refractivity contribution is 5.93. The first kappa shape index (κ1) is 15.9. The van der Waals surface area contributed by atoms with Crippen molar-refractivity contribution in [3.63, 3.8) is 0 Å². The number of phenols is 1. The van der Waals surface area contributed by atoms with Crippen LogP contribution < -0.4 is 10.2 Å². The van der Waals surface area contributed by atoms with Crippen LogP contribution in [0.25, 0.3) is 21.9 Å². The van der Waals surface area contributed by atoms with Crippen LogP contribution in [0.2, 0.25) is 0 Å². The highest BCUT2D eigenvalue weighted by Crippen LogP contribution is 2.30. The molecular weight excluding hydrogens is 322 g/mol. The number of nitrogens with zero attached hydrogens (tertiary/aromatic N) is 1. The van der Waals surface area contributed by atoms with Gasteiger partial charge in [0, 0.05) is 31.8 Å². The number of hydrogen-bond donors (Lipinski definition) is 1. The van der Waals surface area contributed by atoms with Crippen LogP contribution >= 0.6 is 0 Å². The van der Waals surface area contributed by atoms with E-state index in [-0.39, 0.29) is 16.6 Å². The summed E-state index contributed by atoms with van der Waals surface area (Å²) in [5.41, 5.74) is 0.573. The van der Waals surface area contributed by atoms with Crippen molar-refractivity contribution in [2.75, 3.05) is 39.5 Å². The molecule has 0 unspecified atom stereocenters. The Morgan fingerprint density at radius 2 is 1.92 bits per heavy atom. The van der Waals surface area contributed by atoms with Gasteiger partial charge in [0.2, 0.25) is 5.43 Å². The van der Waals surface area contributed by atoms with Crippen LogP contribution in [0.15, 0.2) is 45.6 Å². The maximum absolute atomic E-state index is 12.6. The van der Waals surface area contributed by atoms with Gasteiger partial charge in [-0.05, 0) is 12.1 Å². The van der Waals surface area contributed by atoms with Crippen LogP contribution in [0, 0.1) is 0 Å². The van der Waals surface area contributed by atoms with Gasteiger partial charge < -0.3 is 19.0 Å². The highest BCUT2D eigenvalue weighted by Gasteiger charge is 2.14. The lowest BCUT2D eigenvalue weighted by Gasteiger charge is -2.26. The molecule has 6 nitrogen and oxygen atoms in total. The number of hydrogen-bond acceptors (Lipinski definition) is 6. The molecule has 130 valence electrons. The zero-order valence-electron chi connectivity index (χ0n) is 13.7. The molecule has 1 aliphatic rings. The Kier molecular flexibility index (Phi) is 4.29. The first-order valence-electron chi connectivity index (χ1n) is 8.34. The van der Waals surface area contributed by atoms with Crippen LogP contribution in [-0.4, -0.2) is 49.5 Å². The van der Waals surface area contributed by atoms with Crippen molar-refractivity contribution in [1.82, 2.24) is 4.90 Å². The third-order valence-corrected chi connectivity index (χ3v) is 4.41. The first-order valence-corrected chi connectivity index (χ1v) is 8.34. The molecule has 2 heterocycles. The van der Waals surface area contributed by atoms with Crippen molar-refractivity contribution in [3.05, 3.63) is 46.6 Å². The standard InChI is InChI=1S/C19H19NO5/c21-15-11-13(24-10-7-20-5-8-23-9-6-20)12-17-18(15)19(22)14-3-1-2-4-16(14)25-17/h1-4,11-12,21H,5-10H2. The summed E-state index contributed by atoms with van der Waals surface area (Å²) < 4.78 is 16.8. The van der Waals surface area contributed by atoms with Crippen molar-refractivity contribution in [3.8, 4) is 11.5 Å². The van der Waals surface area contributed by atoms with E-state index in [9.17, 15) is 9.90 Å². The molecule has 1 N–H and O–H groups in total. The third-order valence-electron chi connectivity index (χ3n) is 4.41. The highest BCUT2D eigenvalue weighted by atomic mass is 16.5. The lowest BCUT2D eigenvalue weighted by molar-refractivity contribution is 0.0322. The quantitative estimate of drug-likeness (QED) is 0.735. The minimum Gasteiger partial charge on any atom is -0.507 e. The maximum atomic E-state index is 12.6. The second-order valence-electron chi connectivity index (χ2n) is 6.05. The molecule has 1 aromatic heterocycles. The van der Waals surface area contributed by atoms with E-state index in [0.29, 0.717) is 28.9 Å². The van der Waals surface area contributed by atoms with Crippen LogP contribution in [0.1, 0.15) is 0 Å². The van der Waals surface area contributed by atoms with E-state index in [1.807, 2.05) is 0 Å². The molecule has 0 atom stereocenters. The predicted octanol–water partition coefficient (Wildman–Crippen LogP) is 2.36. The van der Waals surface area contributed by atoms with Crippen molar-refractivity contribution in [1.29, 1.82) is 0 Å². The fourth-order valence-corrected chi connectivity index (χ4v) is 3.08. The smallest absolute Gasteiger partial charge is 0.204 e. The first-order chi connectivity index (χ1) is 12.2. The molecule has 0 bridgehead atoms. The van der Waals surface area contributed by atoms with Crippen molar-refractivity contribution in [2.45, 2.75) is 0 Å². The number of phenolic OH excluding ortho intramolecular Hbond substituents is 1. The summed E-state index contributed by atoms with van der Waals surface area (Å²) in [5.74, 6) is 0.357. The average molecular weight is 341 g/mol. The number of ether oxygens (including phenoxy) is 2. The predicted molar refractivity (Wildman–Crippen MR) is 94.4 cm³/mol. The van der Waals surface area contributed by atoms with Gasteiger partial charge in [-0.25, -0.2) is 0 Å². The van der Waals surface area contributed by atoms with Crippen molar-refractivity contribution >= 4 is 21.9 Å². The zero-order chi connectivity index (χ0) is 17.2. The number of benzene rings is 2. The van der Waals surface area contributed by atoms with Gasteiger partial charge in [-0.15, -0.1) is 0 Å². The molecule has 2 aromatic carbocycles. The monoisotopic (exact) mass is 341 g/mol. The molecule has 0 radical (unpaired) electrons. The summed E-state index contributed by atoms with van der Waals surface area (Å²) >= 11 is 0. The van der Waals surface area contributed by atoms with Crippen molar-refractivity contribution in [2.24, 2.45) is 0 Å². The molecule has 4 rings (SSSR count). The second kappa shape index (κ2) is 6.74. The molecule has 1 aliphatic heterocycles. The normalized spacial score (nSPS) is 15.7. The molecule has 1 saturated heterocycles. The fourth-order valence-electron chi connectivity index (χ4n) is 3.08. The number of rotatable bonds is 4. The minimum atomic E-state index is -0.241. The van der Waals surface area contributed by atoms with Crippen molar-refractivity contribution < 1.29 is 19.0 Å². The van der Waals surface area contributed by atoms with Gasteiger partial charge in [-0.1, -0.05) is 12.1 Å². The summed E-state index contributed by atoms with van der Waals surface area (Å²) in [4.78, 5) is 14.8. The van der Waals surface area contributed by atoms with E-state index in [2.05, 4.69) is 4.90 Å². The molecule has 0 spiro atoms. The SMILES string of the molecule is O=c1c2ccccc2oc2cc(OCCN3CCOCC3)cc(O)c12. The van der Waals surface area contributed by atoms with E-state index in [1.54, 1.807) is 30.3 Å². The van der Waals surface area contributed by atoms with Gasteiger partial charge in [0.15, 0.2) is 0 Å². The second-order valence-corrected chi connectivity index (χ2v) is 6.05. The van der Waals surface area contributed by atoms with E-state index < -0.39 is 0 Å². The Morgan fingerprint density at radius 1 is 1.12 bits per heavy atom. The zero-order valence-corrected chi connectivity index (χ0v) is 13.7. The number of aromatic hydroxyl groups is 1. The van der Waals surface area contributed by atoms with Gasteiger partial charge in [0.25, 0.3) is 0 Å². The fraction of sp³-hybridized carbons (Fsp3) is 0.316. The molecule has 1 fully saturated rings. The number of para-hydroxylation sites is 1. The largest absolute Gasteiger partial charge is 0.507 e. The lowest BCUT2D eigenvalue weighted by atomic mass is 10.1. The van der Waals surface area contributed by atoms with E-state index in [4.69, 9.17) is 13.9 Å². The Labute approximate surface area is 144 Å². The summed E-state index contributed by atoms with van der Waals surface area (Å²) in [7, 11) is 0. The lowest BCUT2D eigenvalue weighted by Crippen LogP contribution is -2.38. The Hall–Kier alpha value is -2.57. The Balaban J connectivity index is 1.60. The summed E-state index contributed by atoms with van der Waals surface area (Å²) in [5, 5.41) is 10.9. The van der Waals surface area contributed by atoms with Crippen LogP contribution in [0.3, 0.4) is 0 Å². The molecule has 3 aromatic rings. The molecule has 0 aliphatic carbocycles. The van der Waals surface area contributed by atoms with Crippen LogP contribution in [0.5, 0.6) is 11.5 Å². The summed E-state index contributed by atoms with van der Waals surface area (Å²) in [6.07, 6.45) is 0. The molecule has 6 heteroatoms. The van der Waals surface area contributed by atoms with E-state index >= 15 is 0 Å². The van der Waals surface area contributed by atoms with Crippen LogP contribution in [-0.2, 0) is 4.74 Å². The molecule has 0 saturated carbocycles. The topological polar surface area (TPSA) is 72.1 Å². The Morgan fingerprint density at radius 3 is 2.76 bits per heavy atom. The minimum absolute atomic E-state index is 0.127. The Bertz CT molecular complexity index is 959. The van der Waals surface area contributed by atoms with Gasteiger partial charge in [0.05, 0.1) is 18.6 Å². The van der Waals surface area contributed by atoms with Gasteiger partial charge in [-0.3, -0.25) is 9.69 Å². The number of morpholine rings is 1. The van der Waals surface area contributed by atoms with Crippen LogP contribution in [0.4, 0.5) is 0 Å².